The Morgan fingerprint density at radius 1 is 0.870 bits per heavy atom. The van der Waals surface area contributed by atoms with E-state index in [-0.39, 0.29) is 5.79 Å². The van der Waals surface area contributed by atoms with E-state index in [1.807, 2.05) is 0 Å². The Bertz CT molecular complexity index is 623. The van der Waals surface area contributed by atoms with E-state index in [1.54, 1.807) is 0 Å². The molecule has 2 nitrogen and oxygen atoms in total. The molecule has 0 aromatic heterocycles. The maximum atomic E-state index is 6.21. The second-order valence-corrected chi connectivity index (χ2v) is 8.82. The van der Waals surface area contributed by atoms with Gasteiger partial charge in [0.15, 0.2) is 0 Å². The van der Waals surface area contributed by atoms with Gasteiger partial charge in [0.1, 0.15) is 0 Å². The molecule has 120 valence electrons. The van der Waals surface area contributed by atoms with Crippen LogP contribution in [0.4, 0.5) is 0 Å². The van der Waals surface area contributed by atoms with Crippen LogP contribution in [0, 0.1) is 0 Å². The summed E-state index contributed by atoms with van der Waals surface area (Å²) in [6.45, 7) is 1.48. The van der Waals surface area contributed by atoms with Crippen LogP contribution in [0.2, 0.25) is 4.82 Å². The molecule has 0 amide bonds. The van der Waals surface area contributed by atoms with Crippen molar-refractivity contribution >= 4 is 19.4 Å². The quantitative estimate of drug-likeness (QED) is 0.767. The normalized spacial score (nSPS) is 26.4. The summed E-state index contributed by atoms with van der Waals surface area (Å²) in [5.74, 6) is 0.178. The summed E-state index contributed by atoms with van der Waals surface area (Å²) in [6.07, 6.45) is 3.45. The van der Waals surface area contributed by atoms with Gasteiger partial charge in [-0.1, -0.05) is 0 Å². The molecule has 1 spiro atoms. The van der Waals surface area contributed by atoms with E-state index in [1.165, 1.54) is 22.9 Å². The number of hydrogen-bond acceptors (Lipinski definition) is 2. The maximum absolute atomic E-state index is 6.21. The monoisotopic (exact) mass is 374 g/mol. The summed E-state index contributed by atoms with van der Waals surface area (Å²) < 4.78 is 13.9. The van der Waals surface area contributed by atoms with Crippen molar-refractivity contribution in [3.63, 3.8) is 0 Å². The van der Waals surface area contributed by atoms with Gasteiger partial charge < -0.3 is 0 Å². The minimum atomic E-state index is -0.353. The Morgan fingerprint density at radius 3 is 2.22 bits per heavy atom. The third kappa shape index (κ3) is 3.11. The van der Waals surface area contributed by atoms with Crippen molar-refractivity contribution in [3.05, 3.63) is 66.2 Å². The zero-order valence-corrected chi connectivity index (χ0v) is 14.9. The predicted molar refractivity (Wildman–Crippen MR) is 93.2 cm³/mol. The van der Waals surface area contributed by atoms with Gasteiger partial charge in [-0.15, -0.1) is 0 Å². The van der Waals surface area contributed by atoms with Crippen molar-refractivity contribution in [1.82, 2.24) is 0 Å². The van der Waals surface area contributed by atoms with Crippen LogP contribution in [0.15, 0.2) is 60.7 Å². The van der Waals surface area contributed by atoms with E-state index in [2.05, 4.69) is 60.7 Å². The van der Waals surface area contributed by atoms with Crippen LogP contribution in [0.3, 0.4) is 0 Å². The third-order valence-electron chi connectivity index (χ3n) is 4.85. The Kier molecular flexibility index (Phi) is 4.54. The number of rotatable bonds is 3. The Morgan fingerprint density at radius 2 is 1.52 bits per heavy atom. The first-order chi connectivity index (χ1) is 11.4. The Hall–Kier alpha value is -1.12. The summed E-state index contributed by atoms with van der Waals surface area (Å²) in [5.41, 5.74) is 1.44. The molecular weight excluding hydrogens is 351 g/mol. The van der Waals surface area contributed by atoms with Crippen molar-refractivity contribution in [1.29, 1.82) is 0 Å². The summed E-state index contributed by atoms with van der Waals surface area (Å²) in [7, 11) is 0. The van der Waals surface area contributed by atoms with E-state index in [4.69, 9.17) is 9.47 Å². The summed E-state index contributed by atoms with van der Waals surface area (Å²) >= 11 is 0.340. The van der Waals surface area contributed by atoms with E-state index in [0.29, 0.717) is 25.7 Å². The molecule has 2 aromatic carbocycles. The van der Waals surface area contributed by atoms with Gasteiger partial charge in [0.25, 0.3) is 0 Å². The molecule has 2 aliphatic rings. The van der Waals surface area contributed by atoms with Crippen LogP contribution in [0.1, 0.15) is 30.7 Å². The number of benzene rings is 2. The first-order valence-corrected chi connectivity index (χ1v) is 10.3. The molecule has 1 saturated carbocycles. The van der Waals surface area contributed by atoms with Crippen LogP contribution >= 0.6 is 0 Å². The van der Waals surface area contributed by atoms with Crippen molar-refractivity contribution < 1.29 is 9.47 Å². The third-order valence-corrected chi connectivity index (χ3v) is 7.97. The van der Waals surface area contributed by atoms with E-state index in [9.17, 15) is 0 Å². The van der Waals surface area contributed by atoms with Crippen molar-refractivity contribution in [2.75, 3.05) is 13.2 Å². The SMILES string of the molecule is c1ccc([Se]C2C(c3ccccc3)CCCC23OCCO3)cc1. The molecule has 4 rings (SSSR count). The van der Waals surface area contributed by atoms with Gasteiger partial charge >= 0.3 is 144 Å². The molecule has 1 heterocycles. The van der Waals surface area contributed by atoms with Crippen LogP contribution in [-0.2, 0) is 9.47 Å². The summed E-state index contributed by atoms with van der Waals surface area (Å²) in [4.78, 5) is 0.441. The fraction of sp³-hybridized carbons (Fsp3) is 0.400. The first kappa shape index (κ1) is 15.4. The predicted octanol–water partition coefficient (Wildman–Crippen LogP) is 3.52. The van der Waals surface area contributed by atoms with Gasteiger partial charge in [-0.3, -0.25) is 0 Å². The molecule has 1 aliphatic heterocycles. The van der Waals surface area contributed by atoms with Crippen LogP contribution in [0.25, 0.3) is 0 Å². The van der Waals surface area contributed by atoms with Gasteiger partial charge in [0.2, 0.25) is 0 Å². The van der Waals surface area contributed by atoms with Crippen molar-refractivity contribution in [2.45, 2.75) is 35.8 Å². The molecule has 3 heteroatoms. The number of hydrogen-bond donors (Lipinski definition) is 0. The van der Waals surface area contributed by atoms with Gasteiger partial charge in [0.05, 0.1) is 0 Å². The molecule has 0 bridgehead atoms. The van der Waals surface area contributed by atoms with Gasteiger partial charge in [0, 0.05) is 0 Å². The first-order valence-electron chi connectivity index (χ1n) is 8.42. The molecule has 0 radical (unpaired) electrons. The summed E-state index contributed by atoms with van der Waals surface area (Å²) in [5, 5.41) is 0. The van der Waals surface area contributed by atoms with Crippen molar-refractivity contribution in [3.8, 4) is 0 Å². The molecule has 1 saturated heterocycles. The summed E-state index contributed by atoms with van der Waals surface area (Å²) in [6, 6.07) is 21.8. The van der Waals surface area contributed by atoms with Crippen LogP contribution in [0.5, 0.6) is 0 Å². The van der Waals surface area contributed by atoms with Crippen molar-refractivity contribution in [2.24, 2.45) is 0 Å². The van der Waals surface area contributed by atoms with Crippen LogP contribution < -0.4 is 4.46 Å². The number of ether oxygens (including phenoxy) is 2. The molecule has 2 fully saturated rings. The van der Waals surface area contributed by atoms with Gasteiger partial charge in [-0.2, -0.15) is 0 Å². The van der Waals surface area contributed by atoms with Crippen LogP contribution in [-0.4, -0.2) is 34.0 Å². The second kappa shape index (κ2) is 6.78. The standard InChI is InChI=1S/C20H22O2Se/c1-3-8-16(9-4-1)18-12-7-13-20(21-14-15-22-20)19(18)23-17-10-5-2-6-11-17/h1-6,8-11,18-19H,7,12-15H2. The topological polar surface area (TPSA) is 18.5 Å². The fourth-order valence-electron chi connectivity index (χ4n) is 3.81. The average molecular weight is 373 g/mol. The Labute approximate surface area is 144 Å². The average Bonchev–Trinajstić information content (AvgIpc) is 3.08. The Balaban J connectivity index is 1.69. The fourth-order valence-corrected chi connectivity index (χ4v) is 6.95. The van der Waals surface area contributed by atoms with Gasteiger partial charge in [-0.25, -0.2) is 0 Å². The zero-order valence-electron chi connectivity index (χ0n) is 13.2. The molecule has 1 aliphatic carbocycles. The molecular formula is C20H22O2Se. The molecule has 0 N–H and O–H groups in total. The molecule has 23 heavy (non-hydrogen) atoms. The van der Waals surface area contributed by atoms with E-state index >= 15 is 0 Å². The van der Waals surface area contributed by atoms with Gasteiger partial charge in [-0.05, 0) is 0 Å². The van der Waals surface area contributed by atoms with E-state index in [0.717, 1.165) is 19.6 Å². The minimum absolute atomic E-state index is 0.340. The molecule has 2 atom stereocenters. The second-order valence-electron chi connectivity index (χ2n) is 6.27. The van der Waals surface area contributed by atoms with E-state index < -0.39 is 0 Å². The molecule has 2 aromatic rings. The zero-order chi connectivity index (χ0) is 15.5. The molecule has 2 unspecified atom stereocenters.